The highest BCUT2D eigenvalue weighted by Gasteiger charge is 2.18. The maximum atomic E-state index is 11.4. The number of nitrogens with zero attached hydrogens (tertiary/aromatic N) is 1. The van der Waals surface area contributed by atoms with Gasteiger partial charge < -0.3 is 4.98 Å². The summed E-state index contributed by atoms with van der Waals surface area (Å²) in [4.78, 5) is 36.6. The van der Waals surface area contributed by atoms with Gasteiger partial charge in [-0.05, 0) is 23.8 Å². The average Bonchev–Trinajstić information content (AvgIpc) is 2.36. The van der Waals surface area contributed by atoms with Gasteiger partial charge in [0, 0.05) is 10.0 Å². The van der Waals surface area contributed by atoms with Crippen LogP contribution in [0.1, 0.15) is 11.3 Å². The smallest absolute Gasteiger partial charge is 0.301 e. The molecule has 21 heavy (non-hydrogen) atoms. The molecule has 0 aliphatic carbocycles. The maximum Gasteiger partial charge on any atom is 0.357 e. The Hall–Kier alpha value is -2.38. The highest BCUT2D eigenvalue weighted by atomic mass is 35.5. The van der Waals surface area contributed by atoms with Gasteiger partial charge in [-0.3, -0.25) is 19.9 Å². The van der Waals surface area contributed by atoms with E-state index in [1.54, 1.807) is 17.1 Å². The van der Waals surface area contributed by atoms with E-state index in [-0.39, 0.29) is 5.69 Å². The molecule has 0 aliphatic rings. The molecule has 0 unspecified atom stereocenters. The third-order valence-corrected chi connectivity index (χ3v) is 3.08. The number of nitro groups is 1. The van der Waals surface area contributed by atoms with Crippen molar-refractivity contribution in [3.05, 3.63) is 70.5 Å². The van der Waals surface area contributed by atoms with Gasteiger partial charge in [-0.25, -0.2) is 4.79 Å². The fourth-order valence-corrected chi connectivity index (χ4v) is 2.08. The summed E-state index contributed by atoms with van der Waals surface area (Å²) in [5.41, 5.74) is -2.37. The molecule has 0 amide bonds. The normalized spacial score (nSPS) is 11.0. The number of benzene rings is 1. The van der Waals surface area contributed by atoms with E-state index in [4.69, 9.17) is 23.2 Å². The number of halogens is 2. The average molecular weight is 328 g/mol. The summed E-state index contributed by atoms with van der Waals surface area (Å²) >= 11 is 11.7. The number of aromatic amines is 2. The summed E-state index contributed by atoms with van der Waals surface area (Å²) in [6, 6.07) is 4.68. The minimum Gasteiger partial charge on any atom is -0.301 e. The summed E-state index contributed by atoms with van der Waals surface area (Å²) in [6.45, 7) is 0. The SMILES string of the molecule is O=c1[nH]c(/C=C/c2ccc(Cl)cc2Cl)c([N+](=O)[O-])c(=O)[nH]1. The Morgan fingerprint density at radius 3 is 2.48 bits per heavy atom. The molecular formula is C12H7Cl2N3O4. The van der Waals surface area contributed by atoms with Crippen LogP contribution in [0.15, 0.2) is 27.8 Å². The van der Waals surface area contributed by atoms with Crippen molar-refractivity contribution in [2.24, 2.45) is 0 Å². The number of nitrogens with one attached hydrogen (secondary N) is 2. The molecule has 0 radical (unpaired) electrons. The van der Waals surface area contributed by atoms with Crippen LogP contribution >= 0.6 is 23.2 Å². The van der Waals surface area contributed by atoms with E-state index in [0.717, 1.165) is 0 Å². The van der Waals surface area contributed by atoms with Gasteiger partial charge in [0.2, 0.25) is 0 Å². The van der Waals surface area contributed by atoms with Crippen molar-refractivity contribution in [1.82, 2.24) is 9.97 Å². The monoisotopic (exact) mass is 327 g/mol. The Morgan fingerprint density at radius 2 is 1.86 bits per heavy atom. The Kier molecular flexibility index (Phi) is 4.25. The molecule has 0 atom stereocenters. The molecule has 1 aromatic carbocycles. The zero-order valence-electron chi connectivity index (χ0n) is 10.2. The van der Waals surface area contributed by atoms with Crippen molar-refractivity contribution < 1.29 is 4.92 Å². The van der Waals surface area contributed by atoms with Crippen molar-refractivity contribution in [2.75, 3.05) is 0 Å². The predicted octanol–water partition coefficient (Wildman–Crippen LogP) is 2.45. The van der Waals surface area contributed by atoms with Crippen molar-refractivity contribution >= 4 is 41.0 Å². The number of H-pyrrole nitrogens is 2. The topological polar surface area (TPSA) is 109 Å². The van der Waals surface area contributed by atoms with E-state index in [0.29, 0.717) is 15.6 Å². The molecule has 2 N–H and O–H groups in total. The summed E-state index contributed by atoms with van der Waals surface area (Å²) in [7, 11) is 0. The standard InChI is InChI=1S/C12H7Cl2N3O4/c13-7-3-1-6(8(14)5-7)2-4-9-10(17(20)21)11(18)16-12(19)15-9/h1-5H,(H2,15,16,18,19)/b4-2+. The molecule has 0 bridgehead atoms. The first kappa shape index (κ1) is 15.0. The van der Waals surface area contributed by atoms with Crippen molar-refractivity contribution in [3.8, 4) is 0 Å². The molecule has 1 heterocycles. The molecule has 2 rings (SSSR count). The van der Waals surface area contributed by atoms with Gasteiger partial charge in [0.1, 0.15) is 5.69 Å². The lowest BCUT2D eigenvalue weighted by atomic mass is 10.2. The zero-order valence-corrected chi connectivity index (χ0v) is 11.7. The Balaban J connectivity index is 2.53. The molecule has 2 aromatic rings. The largest absolute Gasteiger partial charge is 0.357 e. The molecule has 9 heteroatoms. The van der Waals surface area contributed by atoms with Crippen LogP contribution in [0, 0.1) is 10.1 Å². The molecule has 0 saturated heterocycles. The van der Waals surface area contributed by atoms with E-state index in [9.17, 15) is 19.7 Å². The van der Waals surface area contributed by atoms with Crippen molar-refractivity contribution in [3.63, 3.8) is 0 Å². The quantitative estimate of drug-likeness (QED) is 0.666. The van der Waals surface area contributed by atoms with Crippen molar-refractivity contribution in [2.45, 2.75) is 0 Å². The Morgan fingerprint density at radius 1 is 1.14 bits per heavy atom. The van der Waals surface area contributed by atoms with Crippen LogP contribution < -0.4 is 11.2 Å². The first-order valence-electron chi connectivity index (χ1n) is 5.52. The molecule has 108 valence electrons. The molecule has 1 aromatic heterocycles. The summed E-state index contributed by atoms with van der Waals surface area (Å²) < 4.78 is 0. The number of aromatic nitrogens is 2. The minimum atomic E-state index is -1.08. The van der Waals surface area contributed by atoms with Gasteiger partial charge in [0.05, 0.1) is 4.92 Å². The van der Waals surface area contributed by atoms with Crippen LogP contribution in [-0.4, -0.2) is 14.9 Å². The van der Waals surface area contributed by atoms with Crippen LogP contribution in [0.3, 0.4) is 0 Å². The lowest BCUT2D eigenvalue weighted by molar-refractivity contribution is -0.386. The molecule has 0 spiro atoms. The van der Waals surface area contributed by atoms with Gasteiger partial charge >= 0.3 is 16.9 Å². The van der Waals surface area contributed by atoms with Crippen LogP contribution in [0.4, 0.5) is 5.69 Å². The van der Waals surface area contributed by atoms with Crippen molar-refractivity contribution in [1.29, 1.82) is 0 Å². The predicted molar refractivity (Wildman–Crippen MR) is 79.7 cm³/mol. The number of rotatable bonds is 3. The zero-order chi connectivity index (χ0) is 15.6. The molecule has 0 saturated carbocycles. The van der Waals surface area contributed by atoms with Gasteiger partial charge in [0.25, 0.3) is 0 Å². The van der Waals surface area contributed by atoms with E-state index in [2.05, 4.69) is 4.98 Å². The summed E-state index contributed by atoms with van der Waals surface area (Å²) in [5, 5.41) is 11.6. The van der Waals surface area contributed by atoms with Gasteiger partial charge in [0.15, 0.2) is 0 Å². The van der Waals surface area contributed by atoms with Crippen LogP contribution in [-0.2, 0) is 0 Å². The van der Waals surface area contributed by atoms with Gasteiger partial charge in [-0.1, -0.05) is 35.3 Å². The lowest BCUT2D eigenvalue weighted by Gasteiger charge is -1.99. The van der Waals surface area contributed by atoms with Crippen LogP contribution in [0.2, 0.25) is 10.0 Å². The van der Waals surface area contributed by atoms with Crippen LogP contribution in [0.5, 0.6) is 0 Å². The Labute approximate surface area is 127 Å². The third-order valence-electron chi connectivity index (χ3n) is 2.52. The fourth-order valence-electron chi connectivity index (χ4n) is 1.61. The lowest BCUT2D eigenvalue weighted by Crippen LogP contribution is -2.25. The van der Waals surface area contributed by atoms with Crippen LogP contribution in [0.25, 0.3) is 12.2 Å². The maximum absolute atomic E-state index is 11.4. The Bertz CT molecular complexity index is 854. The van der Waals surface area contributed by atoms with E-state index in [1.165, 1.54) is 18.2 Å². The van der Waals surface area contributed by atoms with E-state index in [1.807, 2.05) is 0 Å². The van der Waals surface area contributed by atoms with E-state index >= 15 is 0 Å². The van der Waals surface area contributed by atoms with Gasteiger partial charge in [-0.15, -0.1) is 0 Å². The molecule has 0 fully saturated rings. The molecule has 7 nitrogen and oxygen atoms in total. The first-order chi connectivity index (χ1) is 9.88. The summed E-state index contributed by atoms with van der Waals surface area (Å²) in [5.74, 6) is 0. The minimum absolute atomic E-state index is 0.222. The highest BCUT2D eigenvalue weighted by molar-refractivity contribution is 6.35. The second-order valence-corrected chi connectivity index (χ2v) is 4.77. The van der Waals surface area contributed by atoms with E-state index < -0.39 is 21.9 Å². The second kappa shape index (κ2) is 5.94. The second-order valence-electron chi connectivity index (χ2n) is 3.93. The van der Waals surface area contributed by atoms with Gasteiger partial charge in [-0.2, -0.15) is 0 Å². The number of hydrogen-bond acceptors (Lipinski definition) is 4. The highest BCUT2D eigenvalue weighted by Crippen LogP contribution is 2.23. The molecule has 0 aliphatic heterocycles. The summed E-state index contributed by atoms with van der Waals surface area (Å²) in [6.07, 6.45) is 2.65. The molecular weight excluding hydrogens is 321 g/mol. The fraction of sp³-hybridized carbons (Fsp3) is 0. The number of hydrogen-bond donors (Lipinski definition) is 2. The first-order valence-corrected chi connectivity index (χ1v) is 6.28. The third kappa shape index (κ3) is 3.39.